The number of nitrogens with one attached hydrogen (secondary N) is 1. The van der Waals surface area contributed by atoms with Crippen LogP contribution in [0.25, 0.3) is 0 Å². The lowest BCUT2D eigenvalue weighted by molar-refractivity contribution is -0.00704. The molecular formula is C13H24N2O3. The number of nitrogens with zero attached hydrogens (tertiary/aromatic N) is 1. The van der Waals surface area contributed by atoms with E-state index in [0.29, 0.717) is 0 Å². The van der Waals surface area contributed by atoms with Crippen molar-refractivity contribution < 1.29 is 14.6 Å². The molecule has 2 fully saturated rings. The summed E-state index contributed by atoms with van der Waals surface area (Å²) < 4.78 is 5.46. The summed E-state index contributed by atoms with van der Waals surface area (Å²) >= 11 is 0. The molecule has 2 aliphatic rings. The van der Waals surface area contributed by atoms with Crippen molar-refractivity contribution in [2.75, 3.05) is 6.54 Å². The van der Waals surface area contributed by atoms with Crippen LogP contribution in [-0.4, -0.2) is 52.5 Å². The summed E-state index contributed by atoms with van der Waals surface area (Å²) in [6.07, 6.45) is 1.22. The number of hydrogen-bond acceptors (Lipinski definition) is 4. The summed E-state index contributed by atoms with van der Waals surface area (Å²) in [6.45, 7) is 8.14. The first-order chi connectivity index (χ1) is 8.29. The number of rotatable bonds is 1. The van der Waals surface area contributed by atoms with Gasteiger partial charge in [-0.15, -0.1) is 0 Å². The van der Waals surface area contributed by atoms with Gasteiger partial charge in [-0.1, -0.05) is 0 Å². The van der Waals surface area contributed by atoms with Gasteiger partial charge < -0.3 is 15.2 Å². The van der Waals surface area contributed by atoms with Gasteiger partial charge in [0, 0.05) is 12.6 Å². The minimum Gasteiger partial charge on any atom is -0.444 e. The summed E-state index contributed by atoms with van der Waals surface area (Å²) in [7, 11) is 0. The molecule has 0 radical (unpaired) electrons. The van der Waals surface area contributed by atoms with E-state index in [1.165, 1.54) is 0 Å². The number of aliphatic hydroxyl groups is 1. The Kier molecular flexibility index (Phi) is 3.56. The zero-order valence-corrected chi connectivity index (χ0v) is 11.6. The summed E-state index contributed by atoms with van der Waals surface area (Å²) in [5.74, 6) is 0. The Balaban J connectivity index is 2.10. The molecule has 2 N–H and O–H groups in total. The third kappa shape index (κ3) is 2.62. The molecule has 2 bridgehead atoms. The van der Waals surface area contributed by atoms with Gasteiger partial charge in [-0.25, -0.2) is 4.79 Å². The van der Waals surface area contributed by atoms with Gasteiger partial charge in [0.15, 0.2) is 0 Å². The SMILES string of the molecule is C[C@@H](O)[C@@H]1NC[C@@H]2CC[C@H]1N2C(=O)OC(C)(C)C. The Morgan fingerprint density at radius 3 is 2.67 bits per heavy atom. The Morgan fingerprint density at radius 1 is 1.44 bits per heavy atom. The first-order valence-electron chi connectivity index (χ1n) is 6.72. The van der Waals surface area contributed by atoms with E-state index in [-0.39, 0.29) is 24.2 Å². The van der Waals surface area contributed by atoms with Crippen molar-refractivity contribution in [1.29, 1.82) is 0 Å². The van der Waals surface area contributed by atoms with E-state index < -0.39 is 11.7 Å². The molecule has 2 heterocycles. The van der Waals surface area contributed by atoms with Crippen molar-refractivity contribution in [3.05, 3.63) is 0 Å². The highest BCUT2D eigenvalue weighted by molar-refractivity contribution is 5.70. The number of carbonyl (C=O) groups excluding carboxylic acids is 1. The van der Waals surface area contributed by atoms with Crippen molar-refractivity contribution in [3.8, 4) is 0 Å². The van der Waals surface area contributed by atoms with E-state index in [2.05, 4.69) is 5.32 Å². The van der Waals surface area contributed by atoms with E-state index in [4.69, 9.17) is 4.74 Å². The van der Waals surface area contributed by atoms with Crippen LogP contribution in [0.5, 0.6) is 0 Å². The molecule has 5 heteroatoms. The van der Waals surface area contributed by atoms with Crippen molar-refractivity contribution in [2.45, 2.75) is 70.4 Å². The molecule has 0 aromatic carbocycles. The highest BCUT2D eigenvalue weighted by Crippen LogP contribution is 2.32. The first kappa shape index (κ1) is 13.6. The number of amides is 1. The molecule has 5 nitrogen and oxygen atoms in total. The van der Waals surface area contributed by atoms with Crippen LogP contribution in [0.3, 0.4) is 0 Å². The number of ether oxygens (including phenoxy) is 1. The second-order valence-electron chi connectivity index (χ2n) is 6.36. The fraction of sp³-hybridized carbons (Fsp3) is 0.923. The zero-order valence-electron chi connectivity index (χ0n) is 11.6. The molecule has 0 aliphatic carbocycles. The van der Waals surface area contributed by atoms with Crippen molar-refractivity contribution in [3.63, 3.8) is 0 Å². The highest BCUT2D eigenvalue weighted by Gasteiger charge is 2.47. The van der Waals surface area contributed by atoms with E-state index in [1.807, 2.05) is 25.7 Å². The van der Waals surface area contributed by atoms with E-state index >= 15 is 0 Å². The number of carbonyl (C=O) groups is 1. The predicted octanol–water partition coefficient (Wildman–Crippen LogP) is 1.11. The van der Waals surface area contributed by atoms with E-state index in [0.717, 1.165) is 19.4 Å². The van der Waals surface area contributed by atoms with Gasteiger partial charge in [-0.3, -0.25) is 4.90 Å². The highest BCUT2D eigenvalue weighted by atomic mass is 16.6. The van der Waals surface area contributed by atoms with Gasteiger partial charge in [0.2, 0.25) is 0 Å². The second kappa shape index (κ2) is 4.70. The van der Waals surface area contributed by atoms with Crippen LogP contribution in [-0.2, 0) is 4.74 Å². The Bertz CT molecular complexity index is 325. The van der Waals surface area contributed by atoms with Crippen molar-refractivity contribution in [2.24, 2.45) is 0 Å². The summed E-state index contributed by atoms with van der Waals surface area (Å²) in [6, 6.07) is 0.217. The van der Waals surface area contributed by atoms with Gasteiger partial charge in [-0.2, -0.15) is 0 Å². The van der Waals surface area contributed by atoms with Crippen molar-refractivity contribution >= 4 is 6.09 Å². The maximum atomic E-state index is 12.2. The third-order valence-electron chi connectivity index (χ3n) is 3.67. The smallest absolute Gasteiger partial charge is 0.410 e. The summed E-state index contributed by atoms with van der Waals surface area (Å²) in [5, 5.41) is 13.1. The van der Waals surface area contributed by atoms with Crippen LogP contribution in [0.15, 0.2) is 0 Å². The van der Waals surface area contributed by atoms with Gasteiger partial charge >= 0.3 is 6.09 Å². The lowest BCUT2D eigenvalue weighted by atomic mass is 10.0. The predicted molar refractivity (Wildman–Crippen MR) is 68.4 cm³/mol. The van der Waals surface area contributed by atoms with Crippen LogP contribution in [0, 0.1) is 0 Å². The minimum absolute atomic E-state index is 0.0451. The van der Waals surface area contributed by atoms with Gasteiger partial charge in [0.1, 0.15) is 5.60 Å². The molecule has 18 heavy (non-hydrogen) atoms. The maximum Gasteiger partial charge on any atom is 0.410 e. The second-order valence-corrected chi connectivity index (χ2v) is 6.36. The summed E-state index contributed by atoms with van der Waals surface area (Å²) in [5.41, 5.74) is -0.471. The third-order valence-corrected chi connectivity index (χ3v) is 3.67. The number of fused-ring (bicyclic) bond motifs is 2. The fourth-order valence-corrected chi connectivity index (χ4v) is 2.96. The number of piperazine rings is 1. The van der Waals surface area contributed by atoms with Crippen LogP contribution in [0.4, 0.5) is 4.79 Å². The minimum atomic E-state index is -0.471. The van der Waals surface area contributed by atoms with Gasteiger partial charge in [0.25, 0.3) is 0 Å². The lowest BCUT2D eigenvalue weighted by Crippen LogP contribution is -2.63. The van der Waals surface area contributed by atoms with Crippen molar-refractivity contribution in [1.82, 2.24) is 10.2 Å². The van der Waals surface area contributed by atoms with E-state index in [9.17, 15) is 9.90 Å². The molecule has 2 aliphatic heterocycles. The van der Waals surface area contributed by atoms with Crippen LogP contribution in [0.2, 0.25) is 0 Å². The Hall–Kier alpha value is -0.810. The lowest BCUT2D eigenvalue weighted by Gasteiger charge is -2.42. The standard InChI is InChI=1S/C13H24N2O3/c1-8(16)11-10-6-5-9(7-14-11)15(10)12(17)18-13(2,3)4/h8-11,14,16H,5-7H2,1-4H3/t8-,9+,10-,11+/m1/s1. The molecule has 0 saturated carbocycles. The topological polar surface area (TPSA) is 61.8 Å². The quantitative estimate of drug-likeness (QED) is 0.737. The van der Waals surface area contributed by atoms with Gasteiger partial charge in [-0.05, 0) is 40.5 Å². The average Bonchev–Trinajstić information content (AvgIpc) is 2.49. The molecule has 1 amide bonds. The molecule has 0 unspecified atom stereocenters. The molecule has 2 saturated heterocycles. The number of aliphatic hydroxyl groups excluding tert-OH is 1. The Morgan fingerprint density at radius 2 is 2.11 bits per heavy atom. The zero-order chi connectivity index (χ0) is 13.5. The van der Waals surface area contributed by atoms with Crippen LogP contribution in [0.1, 0.15) is 40.5 Å². The molecule has 0 aromatic rings. The maximum absolute atomic E-state index is 12.2. The molecule has 2 rings (SSSR count). The Labute approximate surface area is 108 Å². The molecule has 104 valence electrons. The van der Waals surface area contributed by atoms with Crippen LogP contribution < -0.4 is 5.32 Å². The van der Waals surface area contributed by atoms with Gasteiger partial charge in [0.05, 0.1) is 18.2 Å². The molecule has 0 aromatic heterocycles. The monoisotopic (exact) mass is 256 g/mol. The molecule has 0 spiro atoms. The van der Waals surface area contributed by atoms with Crippen LogP contribution >= 0.6 is 0 Å². The van der Waals surface area contributed by atoms with E-state index in [1.54, 1.807) is 6.92 Å². The normalized spacial score (nSPS) is 33.4. The fourth-order valence-electron chi connectivity index (χ4n) is 2.96. The largest absolute Gasteiger partial charge is 0.444 e. The first-order valence-corrected chi connectivity index (χ1v) is 6.72. The average molecular weight is 256 g/mol. The number of hydrogen-bond donors (Lipinski definition) is 2. The molecular weight excluding hydrogens is 232 g/mol. The molecule has 4 atom stereocenters. The summed E-state index contributed by atoms with van der Waals surface area (Å²) in [4.78, 5) is 14.1.